The molecule has 1 saturated heterocycles. The van der Waals surface area contributed by atoms with E-state index in [0.29, 0.717) is 44.7 Å². The number of nitrogens with zero attached hydrogens (tertiary/aromatic N) is 4. The van der Waals surface area contributed by atoms with Crippen LogP contribution in [-0.2, 0) is 17.5 Å². The van der Waals surface area contributed by atoms with E-state index in [0.717, 1.165) is 17.7 Å². The molecule has 1 fully saturated rings. The van der Waals surface area contributed by atoms with Crippen LogP contribution in [0.15, 0.2) is 54.6 Å². The number of hydrogen-bond donors (Lipinski definition) is 2. The average molecular weight is 430 g/mol. The summed E-state index contributed by atoms with van der Waals surface area (Å²) in [5.41, 5.74) is 0.536. The summed E-state index contributed by atoms with van der Waals surface area (Å²) in [4.78, 5) is 15.2. The molecular weight excluding hydrogens is 409 g/mol. The summed E-state index contributed by atoms with van der Waals surface area (Å²) in [6.07, 6.45) is -4.43. The monoisotopic (exact) mass is 430 g/mol. The molecule has 0 aliphatic carbocycles. The van der Waals surface area contributed by atoms with Gasteiger partial charge in [-0.3, -0.25) is 0 Å². The lowest BCUT2D eigenvalue weighted by Gasteiger charge is -2.27. The lowest BCUT2D eigenvalue weighted by molar-refractivity contribution is -0.137. The van der Waals surface area contributed by atoms with Gasteiger partial charge in [0.05, 0.1) is 18.8 Å². The van der Waals surface area contributed by atoms with Crippen molar-refractivity contribution in [3.63, 3.8) is 0 Å². The zero-order valence-electron chi connectivity index (χ0n) is 16.6. The Kier molecular flexibility index (Phi) is 6.17. The topological polar surface area (TPSA) is 75.2 Å². The Morgan fingerprint density at radius 1 is 0.903 bits per heavy atom. The summed E-state index contributed by atoms with van der Waals surface area (Å²) in [5, 5.41) is 6.04. The highest BCUT2D eigenvalue weighted by molar-refractivity contribution is 5.57. The minimum absolute atomic E-state index is 0.159. The van der Waals surface area contributed by atoms with Gasteiger partial charge >= 0.3 is 6.18 Å². The van der Waals surface area contributed by atoms with Gasteiger partial charge in [0, 0.05) is 25.3 Å². The van der Waals surface area contributed by atoms with E-state index in [1.807, 2.05) is 35.2 Å². The summed E-state index contributed by atoms with van der Waals surface area (Å²) >= 11 is 0. The fourth-order valence-electron chi connectivity index (χ4n) is 3.08. The Balaban J connectivity index is 1.59. The average Bonchev–Trinajstić information content (AvgIpc) is 2.78. The molecule has 10 heteroatoms. The Hall–Kier alpha value is -3.40. The third-order valence-electron chi connectivity index (χ3n) is 4.66. The number of halogens is 3. The molecule has 1 aromatic heterocycles. The largest absolute Gasteiger partial charge is 0.416 e. The maximum Gasteiger partial charge on any atom is 0.416 e. The van der Waals surface area contributed by atoms with Gasteiger partial charge in [-0.2, -0.15) is 28.1 Å². The van der Waals surface area contributed by atoms with Gasteiger partial charge in [0.1, 0.15) is 0 Å². The number of morpholine rings is 1. The van der Waals surface area contributed by atoms with Crippen molar-refractivity contribution in [2.45, 2.75) is 12.7 Å². The molecule has 1 aliphatic heterocycles. The molecule has 1 aliphatic rings. The first-order chi connectivity index (χ1) is 15.0. The second kappa shape index (κ2) is 9.17. The number of aromatic nitrogens is 3. The summed E-state index contributed by atoms with van der Waals surface area (Å²) in [7, 11) is 0. The summed E-state index contributed by atoms with van der Waals surface area (Å²) < 4.78 is 44.5. The van der Waals surface area contributed by atoms with Crippen molar-refractivity contribution in [3.8, 4) is 0 Å². The van der Waals surface area contributed by atoms with Gasteiger partial charge < -0.3 is 20.3 Å². The van der Waals surface area contributed by atoms with Crippen LogP contribution in [0.25, 0.3) is 0 Å². The molecule has 2 heterocycles. The van der Waals surface area contributed by atoms with Gasteiger partial charge in [-0.15, -0.1) is 0 Å². The molecule has 3 aromatic rings. The minimum Gasteiger partial charge on any atom is -0.378 e. The standard InChI is InChI=1S/C21H21F3N6O/c22-21(23,24)16-7-4-8-17(13-16)26-19-27-18(25-14-15-5-2-1-3-6-15)28-20(29-19)30-9-11-31-12-10-30/h1-8,13H,9-12,14H2,(H2,25,26,27,28,29). The first-order valence-corrected chi connectivity index (χ1v) is 9.78. The number of rotatable bonds is 6. The van der Waals surface area contributed by atoms with Crippen molar-refractivity contribution in [2.24, 2.45) is 0 Å². The maximum absolute atomic E-state index is 13.0. The molecule has 0 saturated carbocycles. The third-order valence-corrected chi connectivity index (χ3v) is 4.66. The molecule has 31 heavy (non-hydrogen) atoms. The maximum atomic E-state index is 13.0. The van der Waals surface area contributed by atoms with Crippen LogP contribution in [0, 0.1) is 0 Å². The molecule has 0 unspecified atom stereocenters. The second-order valence-corrected chi connectivity index (χ2v) is 6.92. The van der Waals surface area contributed by atoms with Crippen LogP contribution in [0.3, 0.4) is 0 Å². The van der Waals surface area contributed by atoms with E-state index in [-0.39, 0.29) is 11.6 Å². The lowest BCUT2D eigenvalue weighted by atomic mass is 10.2. The van der Waals surface area contributed by atoms with Crippen LogP contribution in [0.5, 0.6) is 0 Å². The molecule has 0 radical (unpaired) electrons. The fourth-order valence-corrected chi connectivity index (χ4v) is 3.08. The Bertz CT molecular complexity index is 1010. The van der Waals surface area contributed by atoms with Crippen molar-refractivity contribution in [1.29, 1.82) is 0 Å². The van der Waals surface area contributed by atoms with Gasteiger partial charge in [0.2, 0.25) is 17.8 Å². The van der Waals surface area contributed by atoms with Gasteiger partial charge in [-0.25, -0.2) is 0 Å². The van der Waals surface area contributed by atoms with Gasteiger partial charge in [-0.05, 0) is 23.8 Å². The molecule has 0 bridgehead atoms. The molecule has 162 valence electrons. The highest BCUT2D eigenvalue weighted by atomic mass is 19.4. The normalized spacial score (nSPS) is 14.4. The van der Waals surface area contributed by atoms with Crippen molar-refractivity contribution >= 4 is 23.5 Å². The Morgan fingerprint density at radius 2 is 1.65 bits per heavy atom. The van der Waals surface area contributed by atoms with E-state index in [1.54, 1.807) is 0 Å². The van der Waals surface area contributed by atoms with Crippen LogP contribution in [0.1, 0.15) is 11.1 Å². The predicted octanol–water partition coefficient (Wildman–Crippen LogP) is 4.08. The number of hydrogen-bond acceptors (Lipinski definition) is 7. The summed E-state index contributed by atoms with van der Waals surface area (Å²) in [6, 6.07) is 14.7. The Morgan fingerprint density at radius 3 is 2.39 bits per heavy atom. The number of alkyl halides is 3. The van der Waals surface area contributed by atoms with Crippen molar-refractivity contribution in [3.05, 3.63) is 65.7 Å². The molecule has 4 rings (SSSR count). The first kappa shape index (κ1) is 20.9. The van der Waals surface area contributed by atoms with Gasteiger partial charge in [-0.1, -0.05) is 36.4 Å². The molecule has 0 spiro atoms. The number of benzene rings is 2. The van der Waals surface area contributed by atoms with Gasteiger partial charge in [0.15, 0.2) is 0 Å². The molecular formula is C21H21F3N6O. The van der Waals surface area contributed by atoms with Gasteiger partial charge in [0.25, 0.3) is 0 Å². The van der Waals surface area contributed by atoms with Crippen LogP contribution < -0.4 is 15.5 Å². The minimum atomic E-state index is -4.43. The molecule has 7 nitrogen and oxygen atoms in total. The van der Waals surface area contributed by atoms with E-state index in [4.69, 9.17) is 4.74 Å². The van der Waals surface area contributed by atoms with Crippen LogP contribution in [0.4, 0.5) is 36.7 Å². The lowest BCUT2D eigenvalue weighted by Crippen LogP contribution is -2.37. The second-order valence-electron chi connectivity index (χ2n) is 6.92. The smallest absolute Gasteiger partial charge is 0.378 e. The molecule has 2 N–H and O–H groups in total. The zero-order chi connectivity index (χ0) is 21.7. The van der Waals surface area contributed by atoms with Crippen LogP contribution >= 0.6 is 0 Å². The molecule has 0 atom stereocenters. The van der Waals surface area contributed by atoms with Crippen LogP contribution in [0.2, 0.25) is 0 Å². The first-order valence-electron chi connectivity index (χ1n) is 9.78. The third kappa shape index (κ3) is 5.60. The number of ether oxygens (including phenoxy) is 1. The fraction of sp³-hybridized carbons (Fsp3) is 0.286. The highest BCUT2D eigenvalue weighted by Gasteiger charge is 2.30. The number of anilines is 4. The summed E-state index contributed by atoms with van der Waals surface area (Å²) in [6.45, 7) is 2.83. The van der Waals surface area contributed by atoms with E-state index >= 15 is 0 Å². The van der Waals surface area contributed by atoms with E-state index in [9.17, 15) is 13.2 Å². The van der Waals surface area contributed by atoms with Crippen LogP contribution in [-0.4, -0.2) is 41.3 Å². The highest BCUT2D eigenvalue weighted by Crippen LogP contribution is 2.31. The quantitative estimate of drug-likeness (QED) is 0.610. The van der Waals surface area contributed by atoms with Crippen molar-refractivity contribution in [1.82, 2.24) is 15.0 Å². The van der Waals surface area contributed by atoms with E-state index in [1.165, 1.54) is 12.1 Å². The van der Waals surface area contributed by atoms with E-state index < -0.39 is 11.7 Å². The predicted molar refractivity (Wildman–Crippen MR) is 111 cm³/mol. The number of nitrogens with one attached hydrogen (secondary N) is 2. The molecule has 2 aromatic carbocycles. The molecule has 0 amide bonds. The SMILES string of the molecule is FC(F)(F)c1cccc(Nc2nc(NCc3ccccc3)nc(N3CCOCC3)n2)c1. The van der Waals surface area contributed by atoms with Crippen molar-refractivity contribution in [2.75, 3.05) is 41.8 Å². The van der Waals surface area contributed by atoms with Crippen molar-refractivity contribution < 1.29 is 17.9 Å². The van der Waals surface area contributed by atoms with E-state index in [2.05, 4.69) is 25.6 Å². The summed E-state index contributed by atoms with van der Waals surface area (Å²) in [5.74, 6) is 0.921. The zero-order valence-corrected chi connectivity index (χ0v) is 16.6. The Labute approximate surface area is 177 Å².